The van der Waals surface area contributed by atoms with Gasteiger partial charge in [-0.25, -0.2) is 4.39 Å². The lowest BCUT2D eigenvalue weighted by atomic mass is 10.0. The summed E-state index contributed by atoms with van der Waals surface area (Å²) in [6.45, 7) is 0.341. The molecule has 0 saturated heterocycles. The molecular weight excluding hydrogens is 319 g/mol. The Bertz CT molecular complexity index is 876. The molecule has 3 aromatic carbocycles. The van der Waals surface area contributed by atoms with Gasteiger partial charge in [0.25, 0.3) is 0 Å². The van der Waals surface area contributed by atoms with Gasteiger partial charge in [0.1, 0.15) is 30.2 Å². The Morgan fingerprint density at radius 3 is 2.44 bits per heavy atom. The Hall–Kier alpha value is -3.14. The van der Waals surface area contributed by atoms with Crippen LogP contribution in [0.4, 0.5) is 4.39 Å². The van der Waals surface area contributed by atoms with Crippen LogP contribution in [0.25, 0.3) is 11.1 Å². The number of carbonyl (C=O) groups excluding carboxylic acids is 1. The summed E-state index contributed by atoms with van der Waals surface area (Å²) in [5.41, 5.74) is 2.72. The molecule has 0 heterocycles. The molecular formula is C21H17FO3. The van der Waals surface area contributed by atoms with Crippen molar-refractivity contribution in [3.8, 4) is 22.6 Å². The lowest BCUT2D eigenvalue weighted by Crippen LogP contribution is -1.99. The molecule has 126 valence electrons. The average Bonchev–Trinajstić information content (AvgIpc) is 2.67. The molecule has 0 fully saturated rings. The van der Waals surface area contributed by atoms with Crippen molar-refractivity contribution in [1.29, 1.82) is 0 Å². The van der Waals surface area contributed by atoms with E-state index in [0.29, 0.717) is 34.8 Å². The predicted molar refractivity (Wildman–Crippen MR) is 94.5 cm³/mol. The predicted octanol–water partition coefficient (Wildman–Crippen LogP) is 4.89. The van der Waals surface area contributed by atoms with Gasteiger partial charge in [-0.1, -0.05) is 36.4 Å². The van der Waals surface area contributed by atoms with Crippen molar-refractivity contribution in [1.82, 2.24) is 0 Å². The van der Waals surface area contributed by atoms with Crippen LogP contribution in [-0.2, 0) is 6.61 Å². The van der Waals surface area contributed by atoms with Crippen LogP contribution in [0, 0.1) is 5.82 Å². The highest BCUT2D eigenvalue weighted by Gasteiger charge is 2.14. The maximum Gasteiger partial charge on any atom is 0.150 e. The largest absolute Gasteiger partial charge is 0.496 e. The van der Waals surface area contributed by atoms with E-state index in [9.17, 15) is 9.18 Å². The highest BCUT2D eigenvalue weighted by molar-refractivity contribution is 5.82. The molecule has 3 rings (SSSR count). The molecule has 0 unspecified atom stereocenters. The topological polar surface area (TPSA) is 35.5 Å². The Balaban J connectivity index is 2.01. The van der Waals surface area contributed by atoms with E-state index in [2.05, 4.69) is 0 Å². The van der Waals surface area contributed by atoms with E-state index in [0.717, 1.165) is 11.8 Å². The standard InChI is InChI=1S/C21H17FO3/c1-24-20-10-8-17(22)12-19(20)18-9-7-16(13-23)11-21(18)25-14-15-5-3-2-4-6-15/h2-13H,14H2,1H3. The SMILES string of the molecule is COc1ccc(F)cc1-c1ccc(C=O)cc1OCc1ccccc1. The molecule has 0 aliphatic carbocycles. The van der Waals surface area contributed by atoms with E-state index in [1.807, 2.05) is 30.3 Å². The lowest BCUT2D eigenvalue weighted by molar-refractivity contribution is 0.112. The molecule has 3 aromatic rings. The highest BCUT2D eigenvalue weighted by Crippen LogP contribution is 2.37. The molecule has 0 saturated carbocycles. The molecule has 0 aliphatic rings. The van der Waals surface area contributed by atoms with Crippen molar-refractivity contribution in [3.05, 3.63) is 83.7 Å². The van der Waals surface area contributed by atoms with Gasteiger partial charge in [-0.3, -0.25) is 4.79 Å². The molecule has 0 amide bonds. The lowest BCUT2D eigenvalue weighted by Gasteiger charge is -2.15. The summed E-state index contributed by atoms with van der Waals surface area (Å²) in [5, 5.41) is 0. The molecule has 0 bridgehead atoms. The minimum absolute atomic E-state index is 0.341. The van der Waals surface area contributed by atoms with Gasteiger partial charge in [-0.15, -0.1) is 0 Å². The van der Waals surface area contributed by atoms with E-state index in [1.165, 1.54) is 19.2 Å². The normalized spacial score (nSPS) is 10.3. The third-order valence-electron chi connectivity index (χ3n) is 3.83. The van der Waals surface area contributed by atoms with Crippen molar-refractivity contribution < 1.29 is 18.7 Å². The van der Waals surface area contributed by atoms with Crippen LogP contribution in [0.3, 0.4) is 0 Å². The summed E-state index contributed by atoms with van der Waals surface area (Å²) in [6.07, 6.45) is 0.752. The summed E-state index contributed by atoms with van der Waals surface area (Å²) in [7, 11) is 1.53. The quantitative estimate of drug-likeness (QED) is 0.601. The zero-order valence-electron chi connectivity index (χ0n) is 13.7. The van der Waals surface area contributed by atoms with Gasteiger partial charge >= 0.3 is 0 Å². The molecule has 0 radical (unpaired) electrons. The molecule has 0 atom stereocenters. The number of aldehydes is 1. The molecule has 25 heavy (non-hydrogen) atoms. The van der Waals surface area contributed by atoms with Crippen LogP contribution in [-0.4, -0.2) is 13.4 Å². The minimum atomic E-state index is -0.371. The van der Waals surface area contributed by atoms with Crippen LogP contribution in [0.1, 0.15) is 15.9 Å². The van der Waals surface area contributed by atoms with Crippen molar-refractivity contribution in [2.45, 2.75) is 6.61 Å². The molecule has 0 aliphatic heterocycles. The van der Waals surface area contributed by atoms with Crippen molar-refractivity contribution in [2.75, 3.05) is 7.11 Å². The van der Waals surface area contributed by atoms with Gasteiger partial charge in [-0.2, -0.15) is 0 Å². The minimum Gasteiger partial charge on any atom is -0.496 e. The highest BCUT2D eigenvalue weighted by atomic mass is 19.1. The number of benzene rings is 3. The first kappa shape index (κ1) is 16.7. The van der Waals surface area contributed by atoms with E-state index >= 15 is 0 Å². The van der Waals surface area contributed by atoms with Crippen LogP contribution >= 0.6 is 0 Å². The smallest absolute Gasteiger partial charge is 0.150 e. The zero-order valence-corrected chi connectivity index (χ0v) is 13.7. The van der Waals surface area contributed by atoms with Crippen LogP contribution < -0.4 is 9.47 Å². The van der Waals surface area contributed by atoms with E-state index in [1.54, 1.807) is 24.3 Å². The van der Waals surface area contributed by atoms with Crippen molar-refractivity contribution in [2.24, 2.45) is 0 Å². The number of carbonyl (C=O) groups is 1. The fraction of sp³-hybridized carbons (Fsp3) is 0.0952. The molecule has 0 aromatic heterocycles. The number of ether oxygens (including phenoxy) is 2. The maximum absolute atomic E-state index is 13.7. The molecule has 0 spiro atoms. The third kappa shape index (κ3) is 3.86. The number of hydrogen-bond acceptors (Lipinski definition) is 3. The number of hydrogen-bond donors (Lipinski definition) is 0. The van der Waals surface area contributed by atoms with Crippen LogP contribution in [0.2, 0.25) is 0 Å². The van der Waals surface area contributed by atoms with Gasteiger partial charge in [0.05, 0.1) is 7.11 Å². The third-order valence-corrected chi connectivity index (χ3v) is 3.83. The molecule has 4 heteroatoms. The Morgan fingerprint density at radius 1 is 0.920 bits per heavy atom. The van der Waals surface area contributed by atoms with Gasteiger partial charge in [0, 0.05) is 16.7 Å². The second kappa shape index (κ2) is 7.62. The van der Waals surface area contributed by atoms with Gasteiger partial charge in [-0.05, 0) is 35.9 Å². The maximum atomic E-state index is 13.7. The Labute approximate surface area is 145 Å². The zero-order chi connectivity index (χ0) is 17.6. The summed E-state index contributed by atoms with van der Waals surface area (Å²) in [5.74, 6) is 0.659. The second-order valence-electron chi connectivity index (χ2n) is 5.49. The van der Waals surface area contributed by atoms with E-state index in [-0.39, 0.29) is 5.82 Å². The van der Waals surface area contributed by atoms with Crippen LogP contribution in [0.5, 0.6) is 11.5 Å². The first-order valence-corrected chi connectivity index (χ1v) is 7.81. The van der Waals surface area contributed by atoms with Gasteiger partial charge in [0.15, 0.2) is 0 Å². The second-order valence-corrected chi connectivity index (χ2v) is 5.49. The first-order valence-electron chi connectivity index (χ1n) is 7.81. The number of methoxy groups -OCH3 is 1. The van der Waals surface area contributed by atoms with Gasteiger partial charge in [0.2, 0.25) is 0 Å². The van der Waals surface area contributed by atoms with Crippen molar-refractivity contribution >= 4 is 6.29 Å². The van der Waals surface area contributed by atoms with E-state index < -0.39 is 0 Å². The summed E-state index contributed by atoms with van der Waals surface area (Å²) < 4.78 is 25.0. The average molecular weight is 336 g/mol. The fourth-order valence-electron chi connectivity index (χ4n) is 2.58. The van der Waals surface area contributed by atoms with Crippen LogP contribution in [0.15, 0.2) is 66.7 Å². The summed E-state index contributed by atoms with van der Waals surface area (Å²) in [6, 6.07) is 19.0. The Morgan fingerprint density at radius 2 is 1.72 bits per heavy atom. The molecule has 0 N–H and O–H groups in total. The fourth-order valence-corrected chi connectivity index (χ4v) is 2.58. The number of rotatable bonds is 6. The summed E-state index contributed by atoms with van der Waals surface area (Å²) >= 11 is 0. The monoisotopic (exact) mass is 336 g/mol. The van der Waals surface area contributed by atoms with Gasteiger partial charge < -0.3 is 9.47 Å². The van der Waals surface area contributed by atoms with E-state index in [4.69, 9.17) is 9.47 Å². The Kier molecular flexibility index (Phi) is 5.09. The molecule has 3 nitrogen and oxygen atoms in total. The first-order chi connectivity index (χ1) is 12.2. The number of halogens is 1. The van der Waals surface area contributed by atoms with Crippen molar-refractivity contribution in [3.63, 3.8) is 0 Å². The summed E-state index contributed by atoms with van der Waals surface area (Å²) in [4.78, 5) is 11.1.